The number of guanidine groups is 1. The molecule has 18 heavy (non-hydrogen) atoms. The molecule has 0 unspecified atom stereocenters. The van der Waals surface area contributed by atoms with Gasteiger partial charge in [-0.1, -0.05) is 6.07 Å². The Morgan fingerprint density at radius 1 is 1.39 bits per heavy atom. The highest BCUT2D eigenvalue weighted by molar-refractivity contribution is 5.80. The number of aryl methyl sites for hydroxylation is 1. The lowest BCUT2D eigenvalue weighted by Gasteiger charge is -2.25. The second kappa shape index (κ2) is 5.25. The summed E-state index contributed by atoms with van der Waals surface area (Å²) in [6.45, 7) is 4.32. The van der Waals surface area contributed by atoms with Crippen molar-refractivity contribution in [1.82, 2.24) is 14.8 Å². The topological polar surface area (TPSA) is 49.6 Å². The SMILES string of the molecule is Cc1ccc(CNC2=NCCCN2C)c(=O)n1C. The van der Waals surface area contributed by atoms with Gasteiger partial charge in [0.1, 0.15) is 0 Å². The molecule has 0 saturated heterocycles. The lowest BCUT2D eigenvalue weighted by Crippen LogP contribution is -2.42. The van der Waals surface area contributed by atoms with E-state index in [0.717, 1.165) is 36.7 Å². The zero-order valence-electron chi connectivity index (χ0n) is 11.2. The maximum absolute atomic E-state index is 12.0. The lowest BCUT2D eigenvalue weighted by atomic mass is 10.2. The molecule has 0 spiro atoms. The van der Waals surface area contributed by atoms with Gasteiger partial charge in [-0.25, -0.2) is 0 Å². The van der Waals surface area contributed by atoms with Gasteiger partial charge in [-0.2, -0.15) is 0 Å². The molecular weight excluding hydrogens is 228 g/mol. The first-order chi connectivity index (χ1) is 8.59. The van der Waals surface area contributed by atoms with Crippen LogP contribution in [0.2, 0.25) is 0 Å². The van der Waals surface area contributed by atoms with Gasteiger partial charge in [0.25, 0.3) is 5.56 Å². The summed E-state index contributed by atoms with van der Waals surface area (Å²) in [5.41, 5.74) is 1.79. The Labute approximate surface area is 107 Å². The average Bonchev–Trinajstić information content (AvgIpc) is 2.37. The van der Waals surface area contributed by atoms with Gasteiger partial charge >= 0.3 is 0 Å². The molecule has 5 nitrogen and oxygen atoms in total. The van der Waals surface area contributed by atoms with Gasteiger partial charge in [0.05, 0.1) is 0 Å². The van der Waals surface area contributed by atoms with Gasteiger partial charge in [0.2, 0.25) is 0 Å². The van der Waals surface area contributed by atoms with E-state index in [4.69, 9.17) is 0 Å². The van der Waals surface area contributed by atoms with Crippen LogP contribution >= 0.6 is 0 Å². The molecule has 1 aromatic heterocycles. The molecule has 2 heterocycles. The van der Waals surface area contributed by atoms with E-state index in [1.54, 1.807) is 11.6 Å². The third-order valence-electron chi connectivity index (χ3n) is 3.35. The minimum atomic E-state index is 0.0570. The van der Waals surface area contributed by atoms with Crippen LogP contribution < -0.4 is 10.9 Å². The summed E-state index contributed by atoms with van der Waals surface area (Å²) >= 11 is 0. The molecule has 98 valence electrons. The number of pyridine rings is 1. The van der Waals surface area contributed by atoms with Gasteiger partial charge in [-0.05, 0) is 19.4 Å². The quantitative estimate of drug-likeness (QED) is 0.828. The summed E-state index contributed by atoms with van der Waals surface area (Å²) in [6, 6.07) is 3.85. The molecule has 0 amide bonds. The van der Waals surface area contributed by atoms with E-state index >= 15 is 0 Å². The summed E-state index contributed by atoms with van der Waals surface area (Å²) in [5.74, 6) is 0.879. The fourth-order valence-electron chi connectivity index (χ4n) is 2.00. The Bertz CT molecular complexity index is 518. The Balaban J connectivity index is 2.09. The van der Waals surface area contributed by atoms with Crippen molar-refractivity contribution in [2.75, 3.05) is 20.1 Å². The predicted molar refractivity (Wildman–Crippen MR) is 72.8 cm³/mol. The Kier molecular flexibility index (Phi) is 3.69. The smallest absolute Gasteiger partial charge is 0.255 e. The zero-order chi connectivity index (χ0) is 13.1. The average molecular weight is 248 g/mol. The van der Waals surface area contributed by atoms with Gasteiger partial charge in [-0.15, -0.1) is 0 Å². The Morgan fingerprint density at radius 3 is 2.89 bits per heavy atom. The molecule has 1 aliphatic rings. The number of hydrogen-bond acceptors (Lipinski definition) is 4. The van der Waals surface area contributed by atoms with Crippen LogP contribution in [-0.2, 0) is 13.6 Å². The van der Waals surface area contributed by atoms with E-state index in [2.05, 4.69) is 15.2 Å². The number of aliphatic imine (C=N–C) groups is 1. The minimum Gasteiger partial charge on any atom is -0.352 e. The van der Waals surface area contributed by atoms with Crippen LogP contribution in [0.5, 0.6) is 0 Å². The molecule has 0 fully saturated rings. The number of nitrogens with zero attached hydrogens (tertiary/aromatic N) is 3. The summed E-state index contributed by atoms with van der Waals surface area (Å²) < 4.78 is 1.67. The number of nitrogens with one attached hydrogen (secondary N) is 1. The molecule has 0 radical (unpaired) electrons. The fraction of sp³-hybridized carbons (Fsp3) is 0.538. The van der Waals surface area contributed by atoms with Crippen molar-refractivity contribution >= 4 is 5.96 Å². The van der Waals surface area contributed by atoms with Crippen molar-refractivity contribution in [2.45, 2.75) is 19.9 Å². The van der Waals surface area contributed by atoms with E-state index in [9.17, 15) is 4.79 Å². The van der Waals surface area contributed by atoms with Crippen LogP contribution in [0.1, 0.15) is 17.7 Å². The zero-order valence-corrected chi connectivity index (χ0v) is 11.2. The van der Waals surface area contributed by atoms with Crippen molar-refractivity contribution < 1.29 is 0 Å². The van der Waals surface area contributed by atoms with Gasteiger partial charge in [-0.3, -0.25) is 9.79 Å². The molecule has 1 aliphatic heterocycles. The second-order valence-electron chi connectivity index (χ2n) is 4.70. The number of rotatable bonds is 2. The number of aromatic nitrogens is 1. The molecular formula is C13H20N4O. The molecule has 1 aromatic rings. The predicted octanol–water partition coefficient (Wildman–Crippen LogP) is 0.475. The first kappa shape index (κ1) is 12.7. The third kappa shape index (κ3) is 2.55. The highest BCUT2D eigenvalue weighted by Gasteiger charge is 2.11. The monoisotopic (exact) mass is 248 g/mol. The summed E-state index contributed by atoms with van der Waals surface area (Å²) in [6.07, 6.45) is 1.09. The lowest BCUT2D eigenvalue weighted by molar-refractivity contribution is 0.446. The Hall–Kier alpha value is -1.78. The van der Waals surface area contributed by atoms with Crippen molar-refractivity contribution in [1.29, 1.82) is 0 Å². The summed E-state index contributed by atoms with van der Waals surface area (Å²) in [5, 5.41) is 3.24. The fourth-order valence-corrected chi connectivity index (χ4v) is 2.00. The van der Waals surface area contributed by atoms with Crippen molar-refractivity contribution in [3.05, 3.63) is 33.7 Å². The van der Waals surface area contributed by atoms with Gasteiger partial charge in [0, 0.05) is 45.0 Å². The van der Waals surface area contributed by atoms with Crippen LogP contribution in [0, 0.1) is 6.92 Å². The van der Waals surface area contributed by atoms with Crippen LogP contribution in [0.25, 0.3) is 0 Å². The standard InChI is InChI=1S/C13H20N4O/c1-10-5-6-11(12(18)17(10)3)9-15-13-14-7-4-8-16(13)2/h5-6H,4,7-9H2,1-3H3,(H,14,15). The molecule has 0 atom stereocenters. The molecule has 0 saturated carbocycles. The molecule has 0 aliphatic carbocycles. The van der Waals surface area contributed by atoms with E-state index in [1.807, 2.05) is 26.1 Å². The van der Waals surface area contributed by atoms with E-state index in [0.29, 0.717) is 6.54 Å². The van der Waals surface area contributed by atoms with Crippen molar-refractivity contribution in [2.24, 2.45) is 12.0 Å². The molecule has 0 bridgehead atoms. The first-order valence-corrected chi connectivity index (χ1v) is 6.24. The van der Waals surface area contributed by atoms with Crippen LogP contribution in [0.4, 0.5) is 0 Å². The van der Waals surface area contributed by atoms with Crippen LogP contribution in [0.15, 0.2) is 21.9 Å². The van der Waals surface area contributed by atoms with Crippen LogP contribution in [-0.4, -0.2) is 35.6 Å². The second-order valence-corrected chi connectivity index (χ2v) is 4.70. The van der Waals surface area contributed by atoms with E-state index < -0.39 is 0 Å². The van der Waals surface area contributed by atoms with Gasteiger partial charge in [0.15, 0.2) is 5.96 Å². The Morgan fingerprint density at radius 2 is 2.17 bits per heavy atom. The largest absolute Gasteiger partial charge is 0.352 e. The maximum atomic E-state index is 12.0. The third-order valence-corrected chi connectivity index (χ3v) is 3.35. The molecule has 5 heteroatoms. The number of hydrogen-bond donors (Lipinski definition) is 1. The minimum absolute atomic E-state index is 0.0570. The summed E-state index contributed by atoms with van der Waals surface area (Å²) in [7, 11) is 3.81. The molecule has 1 N–H and O–H groups in total. The van der Waals surface area contributed by atoms with Crippen molar-refractivity contribution in [3.63, 3.8) is 0 Å². The summed E-state index contributed by atoms with van der Waals surface area (Å²) in [4.78, 5) is 18.5. The highest BCUT2D eigenvalue weighted by atomic mass is 16.1. The van der Waals surface area contributed by atoms with E-state index in [-0.39, 0.29) is 5.56 Å². The molecule has 2 rings (SSSR count). The molecule has 0 aromatic carbocycles. The maximum Gasteiger partial charge on any atom is 0.255 e. The first-order valence-electron chi connectivity index (χ1n) is 6.24. The highest BCUT2D eigenvalue weighted by Crippen LogP contribution is 2.00. The van der Waals surface area contributed by atoms with Gasteiger partial charge < -0.3 is 14.8 Å². The van der Waals surface area contributed by atoms with E-state index in [1.165, 1.54) is 0 Å². The van der Waals surface area contributed by atoms with Crippen LogP contribution in [0.3, 0.4) is 0 Å². The van der Waals surface area contributed by atoms with Crippen molar-refractivity contribution in [3.8, 4) is 0 Å². The normalized spacial score (nSPS) is 15.5.